The number of para-hydroxylation sites is 1. The zero-order valence-corrected chi connectivity index (χ0v) is 26.2. The molecule has 1 aliphatic rings. The minimum Gasteiger partial charge on any atom is -0.496 e. The molecule has 40 heavy (non-hydrogen) atoms. The van der Waals surface area contributed by atoms with E-state index in [1.165, 1.54) is 15.9 Å². The number of aryl methyl sites for hydroxylation is 1. The van der Waals surface area contributed by atoms with Crippen LogP contribution >= 0.6 is 27.3 Å². The molecule has 1 fully saturated rings. The standard InChI is InChI=1S/C29H37BrN2O7S/c1-17-22-24(33)32(16-28(2,3)29(4,5)26(34)35)27(36)31(25(22)40-23(17)30)15-21(39-18-11-13-38-14-12-18)19-9-7-8-10-20(19)37-6/h7-10,18,21H,11-16H2,1-6H3,(H,34,35). The van der Waals surface area contributed by atoms with Gasteiger partial charge in [0, 0.05) is 25.3 Å². The molecule has 11 heteroatoms. The predicted octanol–water partition coefficient (Wildman–Crippen LogP) is 5.38. The van der Waals surface area contributed by atoms with Crippen molar-refractivity contribution in [3.8, 4) is 5.75 Å². The van der Waals surface area contributed by atoms with Gasteiger partial charge in [0.15, 0.2) is 0 Å². The number of rotatable bonds is 10. The van der Waals surface area contributed by atoms with Crippen LogP contribution in [-0.4, -0.2) is 46.6 Å². The maximum Gasteiger partial charge on any atom is 0.332 e. The van der Waals surface area contributed by atoms with E-state index < -0.39 is 34.2 Å². The fourth-order valence-electron chi connectivity index (χ4n) is 4.91. The highest BCUT2D eigenvalue weighted by atomic mass is 79.9. The van der Waals surface area contributed by atoms with Crippen molar-refractivity contribution in [1.29, 1.82) is 0 Å². The Balaban J connectivity index is 1.90. The quantitative estimate of drug-likeness (QED) is 0.318. The van der Waals surface area contributed by atoms with Crippen molar-refractivity contribution in [2.45, 2.75) is 72.8 Å². The molecule has 1 aromatic carbocycles. The van der Waals surface area contributed by atoms with Crippen molar-refractivity contribution in [3.63, 3.8) is 0 Å². The number of carboxylic acid groups (broad SMARTS) is 1. The largest absolute Gasteiger partial charge is 0.496 e. The maximum absolute atomic E-state index is 14.2. The molecule has 1 aliphatic heterocycles. The molecule has 3 aromatic rings. The molecule has 0 amide bonds. The van der Waals surface area contributed by atoms with Gasteiger partial charge in [0.1, 0.15) is 16.7 Å². The van der Waals surface area contributed by atoms with Crippen LogP contribution in [0.2, 0.25) is 0 Å². The van der Waals surface area contributed by atoms with Crippen molar-refractivity contribution in [2.24, 2.45) is 10.8 Å². The molecule has 1 unspecified atom stereocenters. The molecule has 1 N–H and O–H groups in total. The second kappa shape index (κ2) is 11.8. The van der Waals surface area contributed by atoms with Gasteiger partial charge in [-0.1, -0.05) is 32.0 Å². The van der Waals surface area contributed by atoms with Gasteiger partial charge < -0.3 is 19.3 Å². The second-order valence-electron chi connectivity index (χ2n) is 11.5. The van der Waals surface area contributed by atoms with Gasteiger partial charge in [0.25, 0.3) is 5.56 Å². The van der Waals surface area contributed by atoms with Crippen LogP contribution < -0.4 is 16.0 Å². The monoisotopic (exact) mass is 636 g/mol. The maximum atomic E-state index is 14.2. The van der Waals surface area contributed by atoms with E-state index in [0.29, 0.717) is 29.2 Å². The molecule has 2 aromatic heterocycles. The number of methoxy groups -OCH3 is 1. The average molecular weight is 638 g/mol. The Kier molecular flexibility index (Phi) is 8.99. The Labute approximate surface area is 245 Å². The summed E-state index contributed by atoms with van der Waals surface area (Å²) in [5.74, 6) is -0.354. The predicted molar refractivity (Wildman–Crippen MR) is 159 cm³/mol. The Hall–Kier alpha value is -2.47. The van der Waals surface area contributed by atoms with E-state index in [1.807, 2.05) is 31.2 Å². The summed E-state index contributed by atoms with van der Waals surface area (Å²) in [6.45, 7) is 9.88. The SMILES string of the molecule is COc1ccccc1C(Cn1c(=O)n(CC(C)(C)C(C)(C)C(=O)O)c(=O)c2c(C)c(Br)sc21)OC1CCOCC1. The fraction of sp³-hybridized carbons (Fsp3) is 0.552. The molecule has 218 valence electrons. The Morgan fingerprint density at radius 2 is 1.82 bits per heavy atom. The zero-order valence-electron chi connectivity index (χ0n) is 23.8. The molecule has 0 aliphatic carbocycles. The van der Waals surface area contributed by atoms with Gasteiger partial charge >= 0.3 is 11.7 Å². The number of aliphatic carboxylic acids is 1. The van der Waals surface area contributed by atoms with Crippen LogP contribution in [0, 0.1) is 17.8 Å². The molecule has 1 atom stereocenters. The number of benzene rings is 1. The number of aromatic nitrogens is 2. The highest BCUT2D eigenvalue weighted by Crippen LogP contribution is 2.40. The lowest BCUT2D eigenvalue weighted by molar-refractivity contribution is -0.154. The summed E-state index contributed by atoms with van der Waals surface area (Å²) >= 11 is 4.89. The number of hydrogen-bond donors (Lipinski definition) is 1. The lowest BCUT2D eigenvalue weighted by Gasteiger charge is -2.38. The number of halogens is 1. The first-order valence-corrected chi connectivity index (χ1v) is 14.9. The third-order valence-corrected chi connectivity index (χ3v) is 10.6. The highest BCUT2D eigenvalue weighted by Gasteiger charge is 2.44. The molecular weight excluding hydrogens is 600 g/mol. The number of thiophene rings is 1. The van der Waals surface area contributed by atoms with Gasteiger partial charge in [-0.25, -0.2) is 4.79 Å². The van der Waals surface area contributed by atoms with E-state index in [0.717, 1.165) is 27.8 Å². The van der Waals surface area contributed by atoms with Crippen LogP contribution in [0.3, 0.4) is 0 Å². The van der Waals surface area contributed by atoms with E-state index in [2.05, 4.69) is 15.9 Å². The van der Waals surface area contributed by atoms with Gasteiger partial charge in [-0.3, -0.25) is 18.7 Å². The third kappa shape index (κ3) is 5.66. The molecule has 0 radical (unpaired) electrons. The molecular formula is C29H37BrN2O7S. The number of carboxylic acids is 1. The minimum atomic E-state index is -1.20. The van der Waals surface area contributed by atoms with E-state index in [9.17, 15) is 19.5 Å². The van der Waals surface area contributed by atoms with E-state index in [1.54, 1.807) is 39.4 Å². The van der Waals surface area contributed by atoms with Crippen LogP contribution in [0.4, 0.5) is 0 Å². The van der Waals surface area contributed by atoms with E-state index >= 15 is 0 Å². The number of nitrogens with zero attached hydrogens (tertiary/aromatic N) is 2. The number of carbonyl (C=O) groups is 1. The Bertz CT molecular complexity index is 1520. The molecule has 4 rings (SSSR count). The van der Waals surface area contributed by atoms with Gasteiger partial charge in [-0.15, -0.1) is 11.3 Å². The third-order valence-electron chi connectivity index (χ3n) is 8.38. The number of hydrogen-bond acceptors (Lipinski definition) is 7. The molecule has 9 nitrogen and oxygen atoms in total. The smallest absolute Gasteiger partial charge is 0.332 e. The summed E-state index contributed by atoms with van der Waals surface area (Å²) in [5, 5.41) is 10.3. The van der Waals surface area contributed by atoms with Crippen molar-refractivity contribution in [2.75, 3.05) is 20.3 Å². The first kappa shape index (κ1) is 30.5. The molecule has 0 saturated carbocycles. The fourth-order valence-corrected chi connectivity index (χ4v) is 6.60. The van der Waals surface area contributed by atoms with Gasteiger partial charge in [0.05, 0.1) is 34.3 Å². The summed E-state index contributed by atoms with van der Waals surface area (Å²) in [6.07, 6.45) is 0.860. The molecule has 3 heterocycles. The van der Waals surface area contributed by atoms with Crippen molar-refractivity contribution >= 4 is 43.5 Å². The van der Waals surface area contributed by atoms with Crippen LogP contribution in [0.5, 0.6) is 5.75 Å². The summed E-state index contributed by atoms with van der Waals surface area (Å²) in [4.78, 5) is 40.6. The van der Waals surface area contributed by atoms with Crippen LogP contribution in [0.15, 0.2) is 37.6 Å². The first-order valence-electron chi connectivity index (χ1n) is 13.3. The molecule has 0 bridgehead atoms. The van der Waals surface area contributed by atoms with E-state index in [4.69, 9.17) is 14.2 Å². The van der Waals surface area contributed by atoms with E-state index in [-0.39, 0.29) is 19.2 Å². The minimum absolute atomic E-state index is 0.0622. The normalized spacial score (nSPS) is 15.9. The second-order valence-corrected chi connectivity index (χ2v) is 13.8. The Morgan fingerprint density at radius 3 is 2.45 bits per heavy atom. The summed E-state index contributed by atoms with van der Waals surface area (Å²) in [6, 6.07) is 7.57. The molecule has 1 saturated heterocycles. The zero-order chi connectivity index (χ0) is 29.4. The average Bonchev–Trinajstić information content (AvgIpc) is 3.22. The Morgan fingerprint density at radius 1 is 1.18 bits per heavy atom. The lowest BCUT2D eigenvalue weighted by Crippen LogP contribution is -2.49. The molecule has 0 spiro atoms. The van der Waals surface area contributed by atoms with Gasteiger partial charge in [0.2, 0.25) is 0 Å². The van der Waals surface area contributed by atoms with Crippen LogP contribution in [0.25, 0.3) is 10.2 Å². The summed E-state index contributed by atoms with van der Waals surface area (Å²) in [5.41, 5.74) is -1.51. The lowest BCUT2D eigenvalue weighted by atomic mass is 9.68. The summed E-state index contributed by atoms with van der Waals surface area (Å²) in [7, 11) is 1.60. The van der Waals surface area contributed by atoms with Gasteiger partial charge in [-0.05, 0) is 66.6 Å². The van der Waals surface area contributed by atoms with Crippen LogP contribution in [0.1, 0.15) is 57.8 Å². The van der Waals surface area contributed by atoms with Gasteiger partial charge in [-0.2, -0.15) is 0 Å². The van der Waals surface area contributed by atoms with Crippen molar-refractivity contribution < 1.29 is 24.1 Å². The summed E-state index contributed by atoms with van der Waals surface area (Å²) < 4.78 is 21.3. The van der Waals surface area contributed by atoms with Crippen molar-refractivity contribution in [1.82, 2.24) is 9.13 Å². The topological polar surface area (TPSA) is 109 Å². The first-order chi connectivity index (χ1) is 18.8. The number of fused-ring (bicyclic) bond motifs is 1. The highest BCUT2D eigenvalue weighted by molar-refractivity contribution is 9.11. The van der Waals surface area contributed by atoms with Crippen molar-refractivity contribution in [3.05, 3.63) is 60.0 Å². The number of ether oxygens (including phenoxy) is 3. The van der Waals surface area contributed by atoms with Crippen LogP contribution in [-0.2, 0) is 27.4 Å².